The Labute approximate surface area is 134 Å². The van der Waals surface area contributed by atoms with Crippen LogP contribution in [-0.2, 0) is 25.8 Å². The van der Waals surface area contributed by atoms with Crippen LogP contribution in [0.25, 0.3) is 0 Å². The third-order valence-corrected chi connectivity index (χ3v) is 5.58. The maximum Gasteiger partial charge on any atom is 0.341 e. The van der Waals surface area contributed by atoms with Gasteiger partial charge in [-0.15, -0.1) is 11.3 Å². The van der Waals surface area contributed by atoms with Gasteiger partial charge in [0.25, 0.3) is 0 Å². The Balaban J connectivity index is 3.12. The number of sulfone groups is 1. The molecule has 0 spiro atoms. The van der Waals surface area contributed by atoms with E-state index >= 15 is 0 Å². The lowest BCUT2D eigenvalue weighted by Crippen LogP contribution is -2.32. The Morgan fingerprint density at radius 1 is 1.32 bits per heavy atom. The van der Waals surface area contributed by atoms with E-state index in [1.165, 1.54) is 25.4 Å². The predicted molar refractivity (Wildman–Crippen MR) is 87.1 cm³/mol. The van der Waals surface area contributed by atoms with E-state index in [9.17, 15) is 18.0 Å². The Kier molecular flexibility index (Phi) is 6.13. The number of amides is 1. The average molecular weight is 347 g/mol. The number of methoxy groups -OCH3 is 1. The van der Waals surface area contributed by atoms with Crippen LogP contribution in [0.5, 0.6) is 0 Å². The SMILES string of the molecule is COC(=O)c1c(CC(C)C)csc1NC(=O)[C@@H](C)S(C)(=O)=O. The fourth-order valence-electron chi connectivity index (χ4n) is 1.81. The second kappa shape index (κ2) is 7.23. The highest BCUT2D eigenvalue weighted by Gasteiger charge is 2.27. The molecule has 1 atom stereocenters. The Morgan fingerprint density at radius 2 is 1.91 bits per heavy atom. The minimum absolute atomic E-state index is 0.301. The highest BCUT2D eigenvalue weighted by Crippen LogP contribution is 2.31. The summed E-state index contributed by atoms with van der Waals surface area (Å²) in [7, 11) is -2.23. The summed E-state index contributed by atoms with van der Waals surface area (Å²) in [5, 5.41) is 3.45. The molecule has 1 aromatic rings. The van der Waals surface area contributed by atoms with Crippen LogP contribution in [0.1, 0.15) is 36.7 Å². The number of esters is 1. The number of nitrogens with one attached hydrogen (secondary N) is 1. The first kappa shape index (κ1) is 18.6. The minimum Gasteiger partial charge on any atom is -0.465 e. The number of ether oxygens (including phenoxy) is 1. The lowest BCUT2D eigenvalue weighted by atomic mass is 10.0. The molecule has 0 unspecified atom stereocenters. The van der Waals surface area contributed by atoms with Gasteiger partial charge in [0.05, 0.1) is 12.7 Å². The Morgan fingerprint density at radius 3 is 2.36 bits per heavy atom. The van der Waals surface area contributed by atoms with E-state index in [-0.39, 0.29) is 0 Å². The van der Waals surface area contributed by atoms with Gasteiger partial charge < -0.3 is 10.1 Å². The molecule has 124 valence electrons. The number of hydrogen-bond donors (Lipinski definition) is 1. The number of anilines is 1. The van der Waals surface area contributed by atoms with Crippen LogP contribution in [0.15, 0.2) is 5.38 Å². The Bertz CT molecular complexity index is 661. The van der Waals surface area contributed by atoms with E-state index in [0.717, 1.165) is 11.8 Å². The van der Waals surface area contributed by atoms with Gasteiger partial charge in [-0.1, -0.05) is 13.8 Å². The predicted octanol–water partition coefficient (Wildman–Crippen LogP) is 2.10. The number of thiophene rings is 1. The second-order valence-electron chi connectivity index (χ2n) is 5.52. The van der Waals surface area contributed by atoms with Crippen molar-refractivity contribution in [2.24, 2.45) is 5.92 Å². The van der Waals surface area contributed by atoms with Crippen LogP contribution in [0.4, 0.5) is 5.00 Å². The summed E-state index contributed by atoms with van der Waals surface area (Å²) in [6, 6.07) is 0. The van der Waals surface area contributed by atoms with Gasteiger partial charge >= 0.3 is 5.97 Å². The molecule has 22 heavy (non-hydrogen) atoms. The molecule has 0 aliphatic carbocycles. The molecule has 6 nitrogen and oxygen atoms in total. The number of hydrogen-bond acceptors (Lipinski definition) is 6. The van der Waals surface area contributed by atoms with Gasteiger partial charge in [-0.2, -0.15) is 0 Å². The zero-order chi connectivity index (χ0) is 17.1. The summed E-state index contributed by atoms with van der Waals surface area (Å²) in [4.78, 5) is 24.0. The summed E-state index contributed by atoms with van der Waals surface area (Å²) in [6.45, 7) is 5.34. The van der Waals surface area contributed by atoms with Gasteiger partial charge in [0.15, 0.2) is 9.84 Å². The van der Waals surface area contributed by atoms with Gasteiger partial charge in [0.1, 0.15) is 10.3 Å². The van der Waals surface area contributed by atoms with E-state index in [2.05, 4.69) is 5.32 Å². The highest BCUT2D eigenvalue weighted by atomic mass is 32.2. The molecule has 1 N–H and O–H groups in total. The molecule has 1 rings (SSSR count). The van der Waals surface area contributed by atoms with E-state index in [1.807, 2.05) is 13.8 Å². The van der Waals surface area contributed by atoms with Crippen LogP contribution < -0.4 is 5.32 Å². The Hall–Kier alpha value is -1.41. The van der Waals surface area contributed by atoms with E-state index in [1.54, 1.807) is 5.38 Å². The maximum atomic E-state index is 12.0. The first-order chi connectivity index (χ1) is 10.1. The molecule has 1 heterocycles. The van der Waals surface area contributed by atoms with Gasteiger partial charge in [-0.3, -0.25) is 4.79 Å². The second-order valence-corrected chi connectivity index (χ2v) is 8.76. The van der Waals surface area contributed by atoms with E-state index in [0.29, 0.717) is 22.9 Å². The highest BCUT2D eigenvalue weighted by molar-refractivity contribution is 7.92. The number of carbonyl (C=O) groups excluding carboxylic acids is 2. The summed E-state index contributed by atoms with van der Waals surface area (Å²) >= 11 is 1.19. The lowest BCUT2D eigenvalue weighted by molar-refractivity contribution is -0.115. The van der Waals surface area contributed by atoms with Gasteiger partial charge in [0, 0.05) is 6.26 Å². The summed E-state index contributed by atoms with van der Waals surface area (Å²) in [5.41, 5.74) is 1.09. The van der Waals surface area contributed by atoms with Crippen molar-refractivity contribution in [2.75, 3.05) is 18.7 Å². The fourth-order valence-corrected chi connectivity index (χ4v) is 3.22. The third kappa shape index (κ3) is 4.54. The zero-order valence-electron chi connectivity index (χ0n) is 13.3. The van der Waals surface area contributed by atoms with Gasteiger partial charge in [-0.25, -0.2) is 13.2 Å². The molecule has 0 aliphatic rings. The molecule has 0 aliphatic heterocycles. The van der Waals surface area contributed by atoms with Crippen molar-refractivity contribution in [1.82, 2.24) is 0 Å². The van der Waals surface area contributed by atoms with Crippen LogP contribution in [0.2, 0.25) is 0 Å². The lowest BCUT2D eigenvalue weighted by Gasteiger charge is -2.11. The molecule has 0 aromatic carbocycles. The normalized spacial score (nSPS) is 13.0. The summed E-state index contributed by atoms with van der Waals surface area (Å²) < 4.78 is 27.6. The minimum atomic E-state index is -3.50. The molecule has 0 bridgehead atoms. The van der Waals surface area contributed by atoms with Crippen molar-refractivity contribution in [2.45, 2.75) is 32.4 Å². The molecular formula is C14H21NO5S2. The number of carbonyl (C=O) groups is 2. The molecule has 1 amide bonds. The van der Waals surface area contributed by atoms with Crippen molar-refractivity contribution in [3.05, 3.63) is 16.5 Å². The summed E-state index contributed by atoms with van der Waals surface area (Å²) in [5.74, 6) is -0.874. The molecule has 0 radical (unpaired) electrons. The van der Waals surface area contributed by atoms with Crippen molar-refractivity contribution >= 4 is 38.1 Å². The maximum absolute atomic E-state index is 12.0. The van der Waals surface area contributed by atoms with Crippen LogP contribution in [0.3, 0.4) is 0 Å². The molecule has 1 aromatic heterocycles. The first-order valence-corrected chi connectivity index (χ1v) is 9.59. The molecule has 0 saturated heterocycles. The third-order valence-electron chi connectivity index (χ3n) is 3.13. The van der Waals surface area contributed by atoms with Crippen LogP contribution in [0, 0.1) is 5.92 Å². The van der Waals surface area contributed by atoms with Gasteiger partial charge in [-0.05, 0) is 30.2 Å². The topological polar surface area (TPSA) is 89.5 Å². The molecular weight excluding hydrogens is 326 g/mol. The van der Waals surface area contributed by atoms with Crippen molar-refractivity contribution < 1.29 is 22.7 Å². The molecule has 0 saturated carbocycles. The fraction of sp³-hybridized carbons (Fsp3) is 0.571. The summed E-state index contributed by atoms with van der Waals surface area (Å²) in [6.07, 6.45) is 1.66. The first-order valence-electron chi connectivity index (χ1n) is 6.76. The largest absolute Gasteiger partial charge is 0.465 e. The quantitative estimate of drug-likeness (QED) is 0.796. The molecule has 8 heteroatoms. The monoisotopic (exact) mass is 347 g/mol. The van der Waals surface area contributed by atoms with Crippen LogP contribution in [-0.4, -0.2) is 38.9 Å². The standard InChI is InChI=1S/C14H21NO5S2/c1-8(2)6-10-7-21-13(11(10)14(17)20-4)15-12(16)9(3)22(5,18)19/h7-9H,6H2,1-5H3,(H,15,16)/t9-/m1/s1. The van der Waals surface area contributed by atoms with Crippen molar-refractivity contribution in [3.8, 4) is 0 Å². The number of rotatable bonds is 6. The van der Waals surface area contributed by atoms with Crippen molar-refractivity contribution in [3.63, 3.8) is 0 Å². The van der Waals surface area contributed by atoms with Gasteiger partial charge in [0.2, 0.25) is 5.91 Å². The van der Waals surface area contributed by atoms with E-state index in [4.69, 9.17) is 4.74 Å². The van der Waals surface area contributed by atoms with Crippen molar-refractivity contribution in [1.29, 1.82) is 0 Å². The average Bonchev–Trinajstić information content (AvgIpc) is 2.77. The molecule has 0 fully saturated rings. The smallest absolute Gasteiger partial charge is 0.341 e. The van der Waals surface area contributed by atoms with E-state index < -0.39 is 27.0 Å². The zero-order valence-corrected chi connectivity index (χ0v) is 14.9. The van der Waals surface area contributed by atoms with Crippen LogP contribution >= 0.6 is 11.3 Å².